The topological polar surface area (TPSA) is 64.9 Å². The normalized spacial score (nSPS) is 20.5. The molecule has 1 aromatic heterocycles. The molecule has 0 spiro atoms. The molecule has 4 heteroatoms. The predicted molar refractivity (Wildman–Crippen MR) is 73.0 cm³/mol. The predicted octanol–water partition coefficient (Wildman–Crippen LogP) is 2.60. The smallest absolute Gasteiger partial charge is 0.231 e. The van der Waals surface area contributed by atoms with Gasteiger partial charge in [0, 0.05) is 6.04 Å². The van der Waals surface area contributed by atoms with Gasteiger partial charge in [0.05, 0.1) is 11.8 Å². The molecule has 0 saturated heterocycles. The van der Waals surface area contributed by atoms with Crippen molar-refractivity contribution in [1.29, 1.82) is 0 Å². The Kier molecular flexibility index (Phi) is 3.11. The monoisotopic (exact) mass is 257 g/mol. The number of fused-ring (bicyclic) bond motifs is 1. The van der Waals surface area contributed by atoms with E-state index < -0.39 is 0 Å². The number of nitrogens with zero attached hydrogens (tertiary/aromatic N) is 2. The number of nitrogens with two attached hydrogens (primary N) is 1. The molecule has 4 nitrogen and oxygen atoms in total. The highest BCUT2D eigenvalue weighted by molar-refractivity contribution is 5.43. The molecule has 19 heavy (non-hydrogen) atoms. The van der Waals surface area contributed by atoms with E-state index in [4.69, 9.17) is 10.3 Å². The molecule has 0 amide bonds. The standard InChI is InChI=1S/C15H19N3O/c1-3-11(9(2)16)15-17-14(18-19-15)13-8-10-6-4-5-7-12(10)13/h4-7,9,11,13H,3,8,16H2,1-2H3. The minimum Gasteiger partial charge on any atom is -0.339 e. The van der Waals surface area contributed by atoms with Crippen LogP contribution in [0.1, 0.15) is 54.9 Å². The highest BCUT2D eigenvalue weighted by atomic mass is 16.5. The molecule has 0 radical (unpaired) electrons. The van der Waals surface area contributed by atoms with E-state index in [1.807, 2.05) is 6.92 Å². The second kappa shape index (κ2) is 4.78. The molecule has 0 aliphatic heterocycles. The van der Waals surface area contributed by atoms with Crippen molar-refractivity contribution in [3.63, 3.8) is 0 Å². The first-order chi connectivity index (χ1) is 9.20. The molecule has 3 unspecified atom stereocenters. The van der Waals surface area contributed by atoms with Crippen LogP contribution < -0.4 is 5.73 Å². The summed E-state index contributed by atoms with van der Waals surface area (Å²) in [6, 6.07) is 8.46. The van der Waals surface area contributed by atoms with Gasteiger partial charge in [-0.25, -0.2) is 0 Å². The second-order valence-electron chi connectivity index (χ2n) is 5.32. The summed E-state index contributed by atoms with van der Waals surface area (Å²) in [5.41, 5.74) is 8.67. The van der Waals surface area contributed by atoms with Crippen molar-refractivity contribution in [3.8, 4) is 0 Å². The number of aromatic nitrogens is 2. The third-order valence-electron chi connectivity index (χ3n) is 4.02. The third-order valence-corrected chi connectivity index (χ3v) is 4.02. The summed E-state index contributed by atoms with van der Waals surface area (Å²) < 4.78 is 5.41. The highest BCUT2D eigenvalue weighted by Gasteiger charge is 2.32. The van der Waals surface area contributed by atoms with Crippen LogP contribution >= 0.6 is 0 Å². The fraction of sp³-hybridized carbons (Fsp3) is 0.467. The van der Waals surface area contributed by atoms with Crippen molar-refractivity contribution in [1.82, 2.24) is 10.1 Å². The van der Waals surface area contributed by atoms with E-state index in [1.165, 1.54) is 11.1 Å². The summed E-state index contributed by atoms with van der Waals surface area (Å²) in [6.07, 6.45) is 1.92. The molecule has 0 fully saturated rings. The van der Waals surface area contributed by atoms with Gasteiger partial charge in [-0.05, 0) is 30.9 Å². The number of benzene rings is 1. The molecule has 0 bridgehead atoms. The Hall–Kier alpha value is -1.68. The Bertz CT molecular complexity index is 576. The molecular formula is C15H19N3O. The first-order valence-corrected chi connectivity index (χ1v) is 6.87. The number of rotatable bonds is 4. The van der Waals surface area contributed by atoms with Gasteiger partial charge in [-0.3, -0.25) is 0 Å². The third kappa shape index (κ3) is 2.06. The SMILES string of the molecule is CCC(c1nc(C2Cc3ccccc32)no1)C(C)N. The summed E-state index contributed by atoms with van der Waals surface area (Å²) in [7, 11) is 0. The summed E-state index contributed by atoms with van der Waals surface area (Å²) in [6.45, 7) is 4.08. The zero-order chi connectivity index (χ0) is 13.4. The quantitative estimate of drug-likeness (QED) is 0.914. The Morgan fingerprint density at radius 3 is 2.89 bits per heavy atom. The van der Waals surface area contributed by atoms with E-state index in [-0.39, 0.29) is 12.0 Å². The van der Waals surface area contributed by atoms with E-state index >= 15 is 0 Å². The largest absolute Gasteiger partial charge is 0.339 e. The second-order valence-corrected chi connectivity index (χ2v) is 5.32. The minimum absolute atomic E-state index is 0.0342. The Labute approximate surface area is 113 Å². The molecule has 1 aliphatic carbocycles. The maximum absolute atomic E-state index is 5.96. The maximum atomic E-state index is 5.96. The lowest BCUT2D eigenvalue weighted by atomic mass is 9.77. The van der Waals surface area contributed by atoms with Gasteiger partial charge >= 0.3 is 0 Å². The van der Waals surface area contributed by atoms with Crippen molar-refractivity contribution in [2.45, 2.75) is 44.6 Å². The van der Waals surface area contributed by atoms with Crippen LogP contribution in [0.2, 0.25) is 0 Å². The summed E-state index contributed by atoms with van der Waals surface area (Å²) in [5.74, 6) is 1.92. The van der Waals surface area contributed by atoms with Gasteiger partial charge in [-0.2, -0.15) is 4.98 Å². The first-order valence-electron chi connectivity index (χ1n) is 6.87. The van der Waals surface area contributed by atoms with Crippen LogP contribution in [0.25, 0.3) is 0 Å². The average Bonchev–Trinajstić information content (AvgIpc) is 2.80. The number of hydrogen-bond acceptors (Lipinski definition) is 4. The fourth-order valence-corrected chi connectivity index (χ4v) is 2.80. The molecule has 100 valence electrons. The van der Waals surface area contributed by atoms with Crippen LogP contribution in [-0.2, 0) is 6.42 Å². The van der Waals surface area contributed by atoms with E-state index in [0.717, 1.165) is 18.7 Å². The van der Waals surface area contributed by atoms with Crippen molar-refractivity contribution in [2.75, 3.05) is 0 Å². The zero-order valence-corrected chi connectivity index (χ0v) is 11.3. The molecule has 3 atom stereocenters. The fourth-order valence-electron chi connectivity index (χ4n) is 2.80. The molecule has 1 aromatic carbocycles. The lowest BCUT2D eigenvalue weighted by Crippen LogP contribution is -2.24. The molecule has 3 rings (SSSR count). The molecule has 0 saturated carbocycles. The van der Waals surface area contributed by atoms with Gasteiger partial charge in [0.2, 0.25) is 5.89 Å². The Balaban J connectivity index is 1.84. The first kappa shape index (κ1) is 12.4. The van der Waals surface area contributed by atoms with Crippen LogP contribution in [0.4, 0.5) is 0 Å². The highest BCUT2D eigenvalue weighted by Crippen LogP contribution is 2.38. The summed E-state index contributed by atoms with van der Waals surface area (Å²) >= 11 is 0. The zero-order valence-electron chi connectivity index (χ0n) is 11.3. The van der Waals surface area contributed by atoms with Crippen LogP contribution in [0.5, 0.6) is 0 Å². The van der Waals surface area contributed by atoms with Crippen LogP contribution in [0, 0.1) is 0 Å². The van der Waals surface area contributed by atoms with Gasteiger partial charge in [0.1, 0.15) is 0 Å². The van der Waals surface area contributed by atoms with Crippen LogP contribution in [0.3, 0.4) is 0 Å². The molecule has 2 N–H and O–H groups in total. The maximum Gasteiger partial charge on any atom is 0.231 e. The van der Waals surface area contributed by atoms with Crippen molar-refractivity contribution < 1.29 is 4.52 Å². The Morgan fingerprint density at radius 2 is 2.21 bits per heavy atom. The van der Waals surface area contributed by atoms with E-state index in [2.05, 4.69) is 41.3 Å². The molecular weight excluding hydrogens is 238 g/mol. The van der Waals surface area contributed by atoms with Crippen molar-refractivity contribution in [2.24, 2.45) is 5.73 Å². The summed E-state index contributed by atoms with van der Waals surface area (Å²) in [5, 5.41) is 4.15. The minimum atomic E-state index is 0.0342. The van der Waals surface area contributed by atoms with Gasteiger partial charge in [-0.15, -0.1) is 0 Å². The molecule has 2 aromatic rings. The van der Waals surface area contributed by atoms with Crippen molar-refractivity contribution >= 4 is 0 Å². The molecule has 1 heterocycles. The Morgan fingerprint density at radius 1 is 1.42 bits per heavy atom. The van der Waals surface area contributed by atoms with Gasteiger partial charge in [0.15, 0.2) is 5.82 Å². The average molecular weight is 257 g/mol. The lowest BCUT2D eigenvalue weighted by molar-refractivity contribution is 0.329. The number of hydrogen-bond donors (Lipinski definition) is 1. The lowest BCUT2D eigenvalue weighted by Gasteiger charge is -2.27. The van der Waals surface area contributed by atoms with Crippen molar-refractivity contribution in [3.05, 3.63) is 47.1 Å². The van der Waals surface area contributed by atoms with E-state index in [1.54, 1.807) is 0 Å². The van der Waals surface area contributed by atoms with Crippen LogP contribution in [-0.4, -0.2) is 16.2 Å². The van der Waals surface area contributed by atoms with E-state index in [9.17, 15) is 0 Å². The molecule has 1 aliphatic rings. The van der Waals surface area contributed by atoms with Gasteiger partial charge in [-0.1, -0.05) is 36.3 Å². The van der Waals surface area contributed by atoms with Crippen LogP contribution in [0.15, 0.2) is 28.8 Å². The summed E-state index contributed by atoms with van der Waals surface area (Å²) in [4.78, 5) is 4.57. The van der Waals surface area contributed by atoms with E-state index in [0.29, 0.717) is 11.8 Å². The van der Waals surface area contributed by atoms with Gasteiger partial charge < -0.3 is 10.3 Å². The van der Waals surface area contributed by atoms with Gasteiger partial charge in [0.25, 0.3) is 0 Å².